The molecule has 2 aromatic rings. The van der Waals surface area contributed by atoms with Gasteiger partial charge in [-0.05, 0) is 18.9 Å². The van der Waals surface area contributed by atoms with Gasteiger partial charge in [0, 0.05) is 19.1 Å². The van der Waals surface area contributed by atoms with E-state index in [0.29, 0.717) is 5.89 Å². The van der Waals surface area contributed by atoms with Crippen molar-refractivity contribution in [1.82, 2.24) is 4.98 Å². The van der Waals surface area contributed by atoms with E-state index in [1.807, 2.05) is 26.8 Å². The van der Waals surface area contributed by atoms with Crippen LogP contribution < -0.4 is 0 Å². The predicted octanol–water partition coefficient (Wildman–Crippen LogP) is 2.64. The van der Waals surface area contributed by atoms with Gasteiger partial charge in [0.15, 0.2) is 5.89 Å². The minimum absolute atomic E-state index is 0.0139. The summed E-state index contributed by atoms with van der Waals surface area (Å²) in [6.07, 6.45) is 3.32. The van der Waals surface area contributed by atoms with E-state index in [9.17, 15) is 5.11 Å². The van der Waals surface area contributed by atoms with Gasteiger partial charge in [-0.25, -0.2) is 4.98 Å². The van der Waals surface area contributed by atoms with Crippen LogP contribution in [0.1, 0.15) is 35.7 Å². The second kappa shape index (κ2) is 4.75. The van der Waals surface area contributed by atoms with Crippen molar-refractivity contribution >= 4 is 0 Å². The zero-order chi connectivity index (χ0) is 12.4. The predicted molar refractivity (Wildman–Crippen MR) is 62.8 cm³/mol. The molecule has 2 unspecified atom stereocenters. The van der Waals surface area contributed by atoms with Crippen molar-refractivity contribution in [2.24, 2.45) is 5.92 Å². The van der Waals surface area contributed by atoms with E-state index < -0.39 is 0 Å². The highest BCUT2D eigenvalue weighted by Gasteiger charge is 2.27. The van der Waals surface area contributed by atoms with Crippen molar-refractivity contribution in [3.8, 4) is 0 Å². The summed E-state index contributed by atoms with van der Waals surface area (Å²) in [4.78, 5) is 4.28. The van der Waals surface area contributed by atoms with E-state index in [0.717, 1.165) is 17.0 Å². The van der Waals surface area contributed by atoms with Crippen molar-refractivity contribution in [1.29, 1.82) is 0 Å². The first-order valence-corrected chi connectivity index (χ1v) is 5.70. The van der Waals surface area contributed by atoms with Gasteiger partial charge < -0.3 is 13.9 Å². The van der Waals surface area contributed by atoms with Crippen LogP contribution in [0.4, 0.5) is 0 Å². The molecule has 2 aromatic heterocycles. The summed E-state index contributed by atoms with van der Waals surface area (Å²) in [7, 11) is 0. The molecule has 92 valence electrons. The van der Waals surface area contributed by atoms with Crippen LogP contribution in [0.3, 0.4) is 0 Å². The third-order valence-corrected chi connectivity index (χ3v) is 2.98. The zero-order valence-corrected chi connectivity index (χ0v) is 10.3. The first-order chi connectivity index (χ1) is 8.13. The average Bonchev–Trinajstić information content (AvgIpc) is 2.90. The number of rotatable bonds is 4. The summed E-state index contributed by atoms with van der Waals surface area (Å²) < 4.78 is 10.8. The van der Waals surface area contributed by atoms with Gasteiger partial charge in [-0.2, -0.15) is 0 Å². The van der Waals surface area contributed by atoms with E-state index in [-0.39, 0.29) is 18.4 Å². The average molecular weight is 235 g/mol. The lowest BCUT2D eigenvalue weighted by Crippen LogP contribution is -2.14. The Balaban J connectivity index is 2.44. The maximum atomic E-state index is 9.37. The Kier molecular flexibility index (Phi) is 3.33. The topological polar surface area (TPSA) is 59.4 Å². The smallest absolute Gasteiger partial charge is 0.191 e. The number of furan rings is 1. The summed E-state index contributed by atoms with van der Waals surface area (Å²) in [5.74, 6) is 1.50. The molecule has 0 saturated carbocycles. The first-order valence-electron chi connectivity index (χ1n) is 5.70. The molecule has 0 spiro atoms. The lowest BCUT2D eigenvalue weighted by atomic mass is 9.86. The van der Waals surface area contributed by atoms with Crippen LogP contribution in [0.25, 0.3) is 0 Å². The molecular formula is C13H17NO3. The van der Waals surface area contributed by atoms with E-state index in [1.54, 1.807) is 12.5 Å². The number of aliphatic hydroxyl groups is 1. The number of oxazole rings is 1. The van der Waals surface area contributed by atoms with Crippen molar-refractivity contribution in [2.45, 2.75) is 26.7 Å². The molecule has 17 heavy (non-hydrogen) atoms. The van der Waals surface area contributed by atoms with Crippen LogP contribution in [-0.4, -0.2) is 16.7 Å². The fourth-order valence-corrected chi connectivity index (χ4v) is 2.13. The fraction of sp³-hybridized carbons (Fsp3) is 0.462. The van der Waals surface area contributed by atoms with Gasteiger partial charge in [0.25, 0.3) is 0 Å². The highest BCUT2D eigenvalue weighted by Crippen LogP contribution is 2.34. The second-order valence-corrected chi connectivity index (χ2v) is 4.38. The number of nitrogens with zero attached hydrogens (tertiary/aromatic N) is 1. The molecule has 0 bridgehead atoms. The van der Waals surface area contributed by atoms with Crippen molar-refractivity contribution in [3.63, 3.8) is 0 Å². The summed E-state index contributed by atoms with van der Waals surface area (Å²) in [6, 6.07) is 1.90. The fourth-order valence-electron chi connectivity index (χ4n) is 2.13. The molecule has 0 amide bonds. The monoisotopic (exact) mass is 235 g/mol. The Morgan fingerprint density at radius 2 is 2.18 bits per heavy atom. The van der Waals surface area contributed by atoms with Crippen molar-refractivity contribution < 1.29 is 13.9 Å². The Morgan fingerprint density at radius 1 is 1.41 bits per heavy atom. The number of aromatic nitrogens is 1. The molecule has 0 aliphatic carbocycles. The zero-order valence-electron chi connectivity index (χ0n) is 10.3. The maximum absolute atomic E-state index is 9.37. The van der Waals surface area contributed by atoms with Crippen LogP contribution in [0, 0.1) is 19.8 Å². The molecule has 2 rings (SSSR count). The Labute approximate surface area is 100 Å². The van der Waals surface area contributed by atoms with Gasteiger partial charge in [0.2, 0.25) is 0 Å². The summed E-state index contributed by atoms with van der Waals surface area (Å²) in [5, 5.41) is 9.37. The summed E-state index contributed by atoms with van der Waals surface area (Å²) >= 11 is 0. The quantitative estimate of drug-likeness (QED) is 0.885. The Hall–Kier alpha value is -1.55. The molecule has 2 atom stereocenters. The third-order valence-electron chi connectivity index (χ3n) is 2.98. The molecular weight excluding hydrogens is 218 g/mol. The number of hydrogen-bond acceptors (Lipinski definition) is 4. The summed E-state index contributed by atoms with van der Waals surface area (Å²) in [5.41, 5.74) is 1.87. The first kappa shape index (κ1) is 11.9. The third kappa shape index (κ3) is 2.26. The molecule has 0 aliphatic heterocycles. The molecule has 0 aliphatic rings. The Morgan fingerprint density at radius 3 is 2.65 bits per heavy atom. The van der Waals surface area contributed by atoms with Crippen LogP contribution >= 0.6 is 0 Å². The SMILES string of the molecule is Cc1nc(C)c(C(c2ccoc2)C(C)CO)o1. The highest BCUT2D eigenvalue weighted by atomic mass is 16.4. The number of aliphatic hydroxyl groups excluding tert-OH is 1. The normalized spacial score (nSPS) is 14.8. The lowest BCUT2D eigenvalue weighted by molar-refractivity contribution is 0.216. The second-order valence-electron chi connectivity index (χ2n) is 4.38. The lowest BCUT2D eigenvalue weighted by Gasteiger charge is -2.19. The number of aryl methyl sites for hydroxylation is 2. The Bertz CT molecular complexity index is 473. The van der Waals surface area contributed by atoms with E-state index >= 15 is 0 Å². The molecule has 4 nitrogen and oxygen atoms in total. The van der Waals surface area contributed by atoms with Crippen molar-refractivity contribution in [3.05, 3.63) is 41.5 Å². The standard InChI is InChI=1S/C13H17NO3/c1-8(6-15)12(11-4-5-16-7-11)13-9(2)14-10(3)17-13/h4-5,7-8,12,15H,6H2,1-3H3. The van der Waals surface area contributed by atoms with Crippen LogP contribution in [-0.2, 0) is 0 Å². The van der Waals surface area contributed by atoms with Gasteiger partial charge in [0.05, 0.1) is 24.1 Å². The molecule has 0 aromatic carbocycles. The minimum Gasteiger partial charge on any atom is -0.472 e. The van der Waals surface area contributed by atoms with Gasteiger partial charge in [-0.15, -0.1) is 0 Å². The van der Waals surface area contributed by atoms with Crippen LogP contribution in [0.15, 0.2) is 27.4 Å². The van der Waals surface area contributed by atoms with E-state index in [2.05, 4.69) is 4.98 Å². The minimum atomic E-state index is -0.0139. The largest absolute Gasteiger partial charge is 0.472 e. The molecule has 2 heterocycles. The van der Waals surface area contributed by atoms with E-state index in [4.69, 9.17) is 8.83 Å². The molecule has 0 fully saturated rings. The summed E-state index contributed by atoms with van der Waals surface area (Å²) in [6.45, 7) is 5.82. The molecule has 0 radical (unpaired) electrons. The van der Waals surface area contributed by atoms with Crippen molar-refractivity contribution in [2.75, 3.05) is 6.61 Å². The maximum Gasteiger partial charge on any atom is 0.191 e. The highest BCUT2D eigenvalue weighted by molar-refractivity contribution is 5.27. The molecule has 0 saturated heterocycles. The van der Waals surface area contributed by atoms with E-state index in [1.165, 1.54) is 0 Å². The van der Waals surface area contributed by atoms with Gasteiger partial charge in [-0.1, -0.05) is 6.92 Å². The molecule has 4 heteroatoms. The van der Waals surface area contributed by atoms with Crippen LogP contribution in [0.5, 0.6) is 0 Å². The van der Waals surface area contributed by atoms with Gasteiger partial charge >= 0.3 is 0 Å². The van der Waals surface area contributed by atoms with Crippen LogP contribution in [0.2, 0.25) is 0 Å². The van der Waals surface area contributed by atoms with Gasteiger partial charge in [0.1, 0.15) is 5.76 Å². The molecule has 1 N–H and O–H groups in total. The number of hydrogen-bond donors (Lipinski definition) is 1. The van der Waals surface area contributed by atoms with Gasteiger partial charge in [-0.3, -0.25) is 0 Å².